The van der Waals surface area contributed by atoms with Gasteiger partial charge in [0.25, 0.3) is 0 Å². The lowest BCUT2D eigenvalue weighted by Crippen LogP contribution is -2.48. The molecule has 2 heteroatoms. The minimum absolute atomic E-state index is 0.311. The van der Waals surface area contributed by atoms with Crippen LogP contribution in [0.4, 0.5) is 0 Å². The molecule has 2 atom stereocenters. The van der Waals surface area contributed by atoms with Crippen molar-refractivity contribution in [2.45, 2.75) is 70.6 Å². The van der Waals surface area contributed by atoms with Crippen LogP contribution in [0.2, 0.25) is 0 Å². The molecule has 2 aliphatic carbocycles. The van der Waals surface area contributed by atoms with E-state index in [0.29, 0.717) is 18.0 Å². The number of rotatable bonds is 4. The van der Waals surface area contributed by atoms with Gasteiger partial charge in [-0.2, -0.15) is 0 Å². The van der Waals surface area contributed by atoms with E-state index >= 15 is 0 Å². The van der Waals surface area contributed by atoms with E-state index < -0.39 is 0 Å². The van der Waals surface area contributed by atoms with Gasteiger partial charge in [-0.1, -0.05) is 51.0 Å². The molecular formula is C19H29NO. The topological polar surface area (TPSA) is 23.5 Å². The van der Waals surface area contributed by atoms with Crippen molar-refractivity contribution >= 4 is 0 Å². The van der Waals surface area contributed by atoms with E-state index in [1.807, 2.05) is 0 Å². The first-order valence-electron chi connectivity index (χ1n) is 8.68. The first-order chi connectivity index (χ1) is 10.2. The molecule has 1 aromatic rings. The lowest BCUT2D eigenvalue weighted by Gasteiger charge is -2.42. The molecule has 0 spiro atoms. The Labute approximate surface area is 129 Å². The summed E-state index contributed by atoms with van der Waals surface area (Å²) in [4.78, 5) is 2.65. The average molecular weight is 287 g/mol. The van der Waals surface area contributed by atoms with Gasteiger partial charge in [-0.15, -0.1) is 0 Å². The summed E-state index contributed by atoms with van der Waals surface area (Å²) in [5, 5.41) is 10.9. The van der Waals surface area contributed by atoms with Gasteiger partial charge in [-0.3, -0.25) is 4.90 Å². The predicted molar refractivity (Wildman–Crippen MR) is 87.3 cm³/mol. The van der Waals surface area contributed by atoms with E-state index in [0.717, 1.165) is 19.4 Å². The Kier molecular flexibility index (Phi) is 4.66. The van der Waals surface area contributed by atoms with Gasteiger partial charge in [0.15, 0.2) is 0 Å². The van der Waals surface area contributed by atoms with Crippen molar-refractivity contribution in [3.05, 3.63) is 35.4 Å². The largest absolute Gasteiger partial charge is 0.387 e. The maximum atomic E-state index is 10.9. The summed E-state index contributed by atoms with van der Waals surface area (Å²) in [5.41, 5.74) is 2.51. The van der Waals surface area contributed by atoms with Gasteiger partial charge in [0.05, 0.1) is 6.10 Å². The standard InChI is InChI=1S/C19H29NO/c1-14(2)13-20(16-8-4-5-9-16)18-12-11-15-7-3-6-10-17(15)19(18)21/h3,6-7,10,14,16,18-19,21H,4-5,8-9,11-13H2,1-2H3. The smallest absolute Gasteiger partial charge is 0.0948 e. The molecule has 2 aliphatic rings. The molecule has 0 bridgehead atoms. The molecule has 1 fully saturated rings. The highest BCUT2D eigenvalue weighted by Crippen LogP contribution is 2.36. The summed E-state index contributed by atoms with van der Waals surface area (Å²) in [6, 6.07) is 9.45. The first-order valence-corrected chi connectivity index (χ1v) is 8.68. The maximum absolute atomic E-state index is 10.9. The molecule has 0 aromatic heterocycles. The summed E-state index contributed by atoms with van der Waals surface area (Å²) >= 11 is 0. The molecule has 0 amide bonds. The highest BCUT2D eigenvalue weighted by Gasteiger charge is 2.36. The van der Waals surface area contributed by atoms with Gasteiger partial charge >= 0.3 is 0 Å². The summed E-state index contributed by atoms with van der Waals surface area (Å²) in [6.07, 6.45) is 7.25. The van der Waals surface area contributed by atoms with Crippen LogP contribution in [-0.4, -0.2) is 28.6 Å². The van der Waals surface area contributed by atoms with E-state index in [4.69, 9.17) is 0 Å². The van der Waals surface area contributed by atoms with Crippen LogP contribution in [0.25, 0.3) is 0 Å². The molecule has 0 saturated heterocycles. The quantitative estimate of drug-likeness (QED) is 0.907. The highest BCUT2D eigenvalue weighted by atomic mass is 16.3. The first kappa shape index (κ1) is 15.1. The molecule has 3 rings (SSSR count). The number of benzene rings is 1. The van der Waals surface area contributed by atoms with Crippen LogP contribution in [0.5, 0.6) is 0 Å². The van der Waals surface area contributed by atoms with E-state index in [9.17, 15) is 5.11 Å². The number of hydrogen-bond acceptors (Lipinski definition) is 2. The van der Waals surface area contributed by atoms with E-state index in [1.54, 1.807) is 0 Å². The molecule has 1 aromatic carbocycles. The minimum Gasteiger partial charge on any atom is -0.387 e. The molecule has 1 N–H and O–H groups in total. The van der Waals surface area contributed by atoms with Crippen molar-refractivity contribution in [3.8, 4) is 0 Å². The zero-order valence-corrected chi connectivity index (χ0v) is 13.5. The number of aliphatic hydroxyl groups excluding tert-OH is 1. The molecule has 1 saturated carbocycles. The second-order valence-corrected chi connectivity index (χ2v) is 7.28. The van der Waals surface area contributed by atoms with Crippen LogP contribution in [-0.2, 0) is 6.42 Å². The van der Waals surface area contributed by atoms with Gasteiger partial charge in [0.1, 0.15) is 0 Å². The van der Waals surface area contributed by atoms with Crippen LogP contribution in [0.1, 0.15) is 63.2 Å². The van der Waals surface area contributed by atoms with E-state index in [2.05, 4.69) is 43.0 Å². The number of nitrogens with zero attached hydrogens (tertiary/aromatic N) is 1. The molecule has 0 aliphatic heterocycles. The van der Waals surface area contributed by atoms with Gasteiger partial charge in [0, 0.05) is 18.6 Å². The van der Waals surface area contributed by atoms with Crippen molar-refractivity contribution in [1.29, 1.82) is 0 Å². The summed E-state index contributed by atoms with van der Waals surface area (Å²) in [6.45, 7) is 5.71. The molecule has 0 radical (unpaired) electrons. The number of aliphatic hydroxyl groups is 1. The summed E-state index contributed by atoms with van der Waals surface area (Å²) in [7, 11) is 0. The third-order valence-electron chi connectivity index (χ3n) is 5.24. The Hall–Kier alpha value is -0.860. The second-order valence-electron chi connectivity index (χ2n) is 7.28. The normalized spacial score (nSPS) is 26.5. The van der Waals surface area contributed by atoms with Crippen LogP contribution in [0.3, 0.4) is 0 Å². The molecule has 116 valence electrons. The second kappa shape index (κ2) is 6.50. The predicted octanol–water partition coefficient (Wildman–Crippen LogP) is 3.94. The lowest BCUT2D eigenvalue weighted by atomic mass is 9.84. The van der Waals surface area contributed by atoms with Crippen molar-refractivity contribution in [1.82, 2.24) is 4.90 Å². The maximum Gasteiger partial charge on any atom is 0.0948 e. The van der Waals surface area contributed by atoms with Gasteiger partial charge in [0.2, 0.25) is 0 Å². The van der Waals surface area contributed by atoms with E-state index in [-0.39, 0.29) is 6.10 Å². The summed E-state index contributed by atoms with van der Waals surface area (Å²) in [5.74, 6) is 0.662. The van der Waals surface area contributed by atoms with Gasteiger partial charge < -0.3 is 5.11 Å². The Bertz CT molecular complexity index is 464. The highest BCUT2D eigenvalue weighted by molar-refractivity contribution is 5.32. The fraction of sp³-hybridized carbons (Fsp3) is 0.684. The van der Waals surface area contributed by atoms with Crippen molar-refractivity contribution in [2.24, 2.45) is 5.92 Å². The van der Waals surface area contributed by atoms with E-state index in [1.165, 1.54) is 36.8 Å². The average Bonchev–Trinajstić information content (AvgIpc) is 3.00. The van der Waals surface area contributed by atoms with Crippen molar-refractivity contribution in [2.75, 3.05) is 6.54 Å². The fourth-order valence-corrected chi connectivity index (χ4v) is 4.28. The number of hydrogen-bond donors (Lipinski definition) is 1. The van der Waals surface area contributed by atoms with Crippen LogP contribution < -0.4 is 0 Å². The summed E-state index contributed by atoms with van der Waals surface area (Å²) < 4.78 is 0. The number of fused-ring (bicyclic) bond motifs is 1. The molecule has 2 nitrogen and oxygen atoms in total. The minimum atomic E-state index is -0.311. The lowest BCUT2D eigenvalue weighted by molar-refractivity contribution is 0.00627. The van der Waals surface area contributed by atoms with Crippen molar-refractivity contribution in [3.63, 3.8) is 0 Å². The SMILES string of the molecule is CC(C)CN(C1CCCC1)C1CCc2ccccc2C1O. The van der Waals surface area contributed by atoms with Gasteiger partial charge in [-0.05, 0) is 42.7 Å². The number of aryl methyl sites for hydroxylation is 1. The Morgan fingerprint density at radius 2 is 1.86 bits per heavy atom. The fourth-order valence-electron chi connectivity index (χ4n) is 4.28. The van der Waals surface area contributed by atoms with Gasteiger partial charge in [-0.25, -0.2) is 0 Å². The Morgan fingerprint density at radius 3 is 2.57 bits per heavy atom. The molecule has 0 heterocycles. The third kappa shape index (κ3) is 3.17. The molecule has 21 heavy (non-hydrogen) atoms. The Morgan fingerprint density at radius 1 is 1.14 bits per heavy atom. The van der Waals surface area contributed by atoms with Crippen molar-refractivity contribution < 1.29 is 5.11 Å². The molecule has 2 unspecified atom stereocenters. The Balaban J connectivity index is 1.82. The third-order valence-corrected chi connectivity index (χ3v) is 5.24. The zero-order chi connectivity index (χ0) is 14.8. The van der Waals surface area contributed by atoms with Crippen LogP contribution >= 0.6 is 0 Å². The zero-order valence-electron chi connectivity index (χ0n) is 13.5. The van der Waals surface area contributed by atoms with Crippen LogP contribution in [0, 0.1) is 5.92 Å². The molecular weight excluding hydrogens is 258 g/mol. The van der Waals surface area contributed by atoms with Crippen LogP contribution in [0.15, 0.2) is 24.3 Å². The monoisotopic (exact) mass is 287 g/mol.